The quantitative estimate of drug-likeness (QED) is 0.587. The summed E-state index contributed by atoms with van der Waals surface area (Å²) in [6, 6.07) is 8.05. The van der Waals surface area contributed by atoms with Gasteiger partial charge in [0, 0.05) is 10.4 Å². The van der Waals surface area contributed by atoms with E-state index in [0.717, 1.165) is 10.9 Å². The maximum absolute atomic E-state index is 11.4. The van der Waals surface area contributed by atoms with E-state index in [0.29, 0.717) is 10.2 Å². The summed E-state index contributed by atoms with van der Waals surface area (Å²) >= 11 is 5.60. The van der Waals surface area contributed by atoms with Gasteiger partial charge in [0.25, 0.3) is 0 Å². The highest BCUT2D eigenvalue weighted by atomic mass is 127. The third kappa shape index (κ3) is 3.35. The topological polar surface area (TPSA) is 17.1 Å². The highest BCUT2D eigenvalue weighted by Crippen LogP contribution is 2.19. The zero-order chi connectivity index (χ0) is 10.6. The molecule has 0 amide bonds. The Kier molecular flexibility index (Phi) is 5.09. The highest BCUT2D eigenvalue weighted by Gasteiger charge is 2.12. The van der Waals surface area contributed by atoms with Gasteiger partial charge in [0.05, 0.1) is 4.43 Å². The SMILES string of the molecule is CC(Cc1ccccc1Br)C(=O)CI. The van der Waals surface area contributed by atoms with E-state index in [1.165, 1.54) is 5.56 Å². The Balaban J connectivity index is 2.69. The third-order valence-corrected chi connectivity index (χ3v) is 3.69. The number of benzene rings is 1. The van der Waals surface area contributed by atoms with Crippen LogP contribution in [0.25, 0.3) is 0 Å². The van der Waals surface area contributed by atoms with Gasteiger partial charge in [-0.15, -0.1) is 0 Å². The van der Waals surface area contributed by atoms with Crippen LogP contribution < -0.4 is 0 Å². The Morgan fingerprint density at radius 1 is 1.50 bits per heavy atom. The number of carbonyl (C=O) groups excluding carboxylic acids is 1. The molecule has 0 aliphatic heterocycles. The summed E-state index contributed by atoms with van der Waals surface area (Å²) in [5.74, 6) is 0.437. The molecule has 0 fully saturated rings. The summed E-state index contributed by atoms with van der Waals surface area (Å²) in [6.07, 6.45) is 0.823. The number of halogens is 2. The summed E-state index contributed by atoms with van der Waals surface area (Å²) < 4.78 is 1.69. The van der Waals surface area contributed by atoms with Crippen LogP contribution in [-0.4, -0.2) is 10.2 Å². The Hall–Kier alpha value is 0.1000. The molecule has 0 radical (unpaired) electrons. The summed E-state index contributed by atoms with van der Waals surface area (Å²) in [7, 11) is 0. The van der Waals surface area contributed by atoms with E-state index in [4.69, 9.17) is 0 Å². The molecule has 76 valence electrons. The van der Waals surface area contributed by atoms with Crippen LogP contribution >= 0.6 is 38.5 Å². The van der Waals surface area contributed by atoms with Crippen LogP contribution in [0.5, 0.6) is 0 Å². The van der Waals surface area contributed by atoms with E-state index < -0.39 is 0 Å². The highest BCUT2D eigenvalue weighted by molar-refractivity contribution is 14.1. The fourth-order valence-corrected chi connectivity index (χ4v) is 2.44. The van der Waals surface area contributed by atoms with Crippen LogP contribution in [0.2, 0.25) is 0 Å². The molecule has 1 rings (SSSR count). The summed E-state index contributed by atoms with van der Waals surface area (Å²) in [5.41, 5.74) is 1.21. The lowest BCUT2D eigenvalue weighted by Crippen LogP contribution is -2.14. The fraction of sp³-hybridized carbons (Fsp3) is 0.364. The molecule has 1 aromatic carbocycles. The Morgan fingerprint density at radius 3 is 2.71 bits per heavy atom. The van der Waals surface area contributed by atoms with E-state index in [1.807, 2.05) is 25.1 Å². The molecule has 1 unspecified atom stereocenters. The van der Waals surface area contributed by atoms with Crippen molar-refractivity contribution in [3.05, 3.63) is 34.3 Å². The second-order valence-corrected chi connectivity index (χ2v) is 4.91. The lowest BCUT2D eigenvalue weighted by Gasteiger charge is -2.09. The van der Waals surface area contributed by atoms with E-state index in [1.54, 1.807) is 0 Å². The van der Waals surface area contributed by atoms with Crippen LogP contribution in [0.3, 0.4) is 0 Å². The van der Waals surface area contributed by atoms with E-state index in [-0.39, 0.29) is 5.92 Å². The Morgan fingerprint density at radius 2 is 2.14 bits per heavy atom. The second-order valence-electron chi connectivity index (χ2n) is 3.30. The average molecular weight is 367 g/mol. The van der Waals surface area contributed by atoms with Gasteiger partial charge in [-0.25, -0.2) is 0 Å². The normalized spacial score (nSPS) is 12.5. The van der Waals surface area contributed by atoms with E-state index >= 15 is 0 Å². The van der Waals surface area contributed by atoms with Crippen LogP contribution in [-0.2, 0) is 11.2 Å². The lowest BCUT2D eigenvalue weighted by molar-refractivity contribution is -0.119. The summed E-state index contributed by atoms with van der Waals surface area (Å²) in [5, 5.41) is 0. The molecule has 0 aromatic heterocycles. The first-order valence-corrected chi connectivity index (χ1v) is 6.79. The van der Waals surface area contributed by atoms with Crippen LogP contribution in [0.4, 0.5) is 0 Å². The monoisotopic (exact) mass is 366 g/mol. The molecule has 0 aliphatic carbocycles. The van der Waals surface area contributed by atoms with Crippen LogP contribution in [0.15, 0.2) is 28.7 Å². The minimum atomic E-state index is 0.116. The molecule has 0 saturated carbocycles. The molecule has 0 aliphatic rings. The van der Waals surface area contributed by atoms with Gasteiger partial charge in [0.15, 0.2) is 0 Å². The van der Waals surface area contributed by atoms with Gasteiger partial charge in [-0.1, -0.05) is 63.6 Å². The van der Waals surface area contributed by atoms with Crippen molar-refractivity contribution in [2.45, 2.75) is 13.3 Å². The first kappa shape index (κ1) is 12.2. The molecular formula is C11H12BrIO. The smallest absolute Gasteiger partial charge is 0.145 e. The predicted molar refractivity (Wildman–Crippen MR) is 70.9 cm³/mol. The summed E-state index contributed by atoms with van der Waals surface area (Å²) in [4.78, 5) is 11.4. The Labute approximate surface area is 107 Å². The standard InChI is InChI=1S/C11H12BrIO/c1-8(11(14)7-13)6-9-4-2-3-5-10(9)12/h2-5,8H,6-7H2,1H3. The van der Waals surface area contributed by atoms with Gasteiger partial charge < -0.3 is 0 Å². The van der Waals surface area contributed by atoms with Crippen molar-refractivity contribution in [3.63, 3.8) is 0 Å². The molecule has 0 spiro atoms. The molecule has 3 heteroatoms. The molecule has 1 aromatic rings. The molecule has 1 atom stereocenters. The number of alkyl halides is 1. The number of hydrogen-bond donors (Lipinski definition) is 0. The van der Waals surface area contributed by atoms with Gasteiger partial charge in [-0.3, -0.25) is 4.79 Å². The number of ketones is 1. The minimum Gasteiger partial charge on any atom is -0.299 e. The molecule has 1 nitrogen and oxygen atoms in total. The minimum absolute atomic E-state index is 0.116. The van der Waals surface area contributed by atoms with Gasteiger partial charge in [-0.2, -0.15) is 0 Å². The first-order valence-electron chi connectivity index (χ1n) is 4.47. The van der Waals surface area contributed by atoms with Crippen molar-refractivity contribution in [3.8, 4) is 0 Å². The largest absolute Gasteiger partial charge is 0.299 e. The van der Waals surface area contributed by atoms with Crippen molar-refractivity contribution in [1.29, 1.82) is 0 Å². The fourth-order valence-electron chi connectivity index (χ4n) is 1.24. The molecule has 0 N–H and O–H groups in total. The average Bonchev–Trinajstić information content (AvgIpc) is 2.20. The number of carbonyl (C=O) groups is 1. The van der Waals surface area contributed by atoms with Gasteiger partial charge in [0.2, 0.25) is 0 Å². The van der Waals surface area contributed by atoms with Crippen molar-refractivity contribution in [2.75, 3.05) is 4.43 Å². The molecular weight excluding hydrogens is 355 g/mol. The van der Waals surface area contributed by atoms with Crippen LogP contribution in [0.1, 0.15) is 12.5 Å². The van der Waals surface area contributed by atoms with Gasteiger partial charge in [0.1, 0.15) is 5.78 Å². The molecule has 0 bridgehead atoms. The molecule has 14 heavy (non-hydrogen) atoms. The number of hydrogen-bond acceptors (Lipinski definition) is 1. The first-order chi connectivity index (χ1) is 6.65. The van der Waals surface area contributed by atoms with E-state index in [2.05, 4.69) is 44.6 Å². The predicted octanol–water partition coefficient (Wildman–Crippen LogP) is 3.63. The van der Waals surface area contributed by atoms with Crippen molar-refractivity contribution in [1.82, 2.24) is 0 Å². The van der Waals surface area contributed by atoms with Gasteiger partial charge in [-0.05, 0) is 18.1 Å². The van der Waals surface area contributed by atoms with Crippen molar-refractivity contribution in [2.24, 2.45) is 5.92 Å². The summed E-state index contributed by atoms with van der Waals surface area (Å²) in [6.45, 7) is 1.99. The maximum atomic E-state index is 11.4. The third-order valence-electron chi connectivity index (χ3n) is 2.17. The second kappa shape index (κ2) is 5.85. The van der Waals surface area contributed by atoms with Gasteiger partial charge >= 0.3 is 0 Å². The maximum Gasteiger partial charge on any atom is 0.145 e. The Bertz CT molecular complexity index is 325. The number of rotatable bonds is 4. The van der Waals surface area contributed by atoms with Crippen molar-refractivity contribution < 1.29 is 4.79 Å². The van der Waals surface area contributed by atoms with E-state index in [9.17, 15) is 4.79 Å². The zero-order valence-corrected chi connectivity index (χ0v) is 11.7. The van der Waals surface area contributed by atoms with Crippen LogP contribution in [0, 0.1) is 5.92 Å². The number of Topliss-reactive ketones (excluding diaryl/α,β-unsaturated/α-hetero) is 1. The zero-order valence-electron chi connectivity index (χ0n) is 7.97. The lowest BCUT2D eigenvalue weighted by atomic mass is 9.98. The molecule has 0 heterocycles. The molecule has 0 saturated heterocycles. The van der Waals surface area contributed by atoms with Crippen molar-refractivity contribution >= 4 is 44.3 Å².